The minimum atomic E-state index is -0.547. The van der Waals surface area contributed by atoms with Gasteiger partial charge in [0.1, 0.15) is 17.2 Å². The molecule has 0 unspecified atom stereocenters. The fourth-order valence-corrected chi connectivity index (χ4v) is 1.93. The highest BCUT2D eigenvalue weighted by molar-refractivity contribution is 6.30. The second kappa shape index (κ2) is 6.41. The molecule has 0 aliphatic heterocycles. The molecule has 0 aliphatic carbocycles. The first-order chi connectivity index (χ1) is 10.0. The Labute approximate surface area is 125 Å². The number of esters is 1. The molecule has 0 aliphatic rings. The molecule has 0 atom stereocenters. The fraction of sp³-hybridized carbons (Fsp3) is 0.143. The molecule has 0 bridgehead atoms. The molecule has 7 heteroatoms. The number of anilines is 2. The zero-order valence-corrected chi connectivity index (χ0v) is 11.9. The van der Waals surface area contributed by atoms with E-state index in [-0.39, 0.29) is 10.6 Å². The molecule has 0 fully saturated rings. The number of hydrogen-bond donors (Lipinski definition) is 2. The Balaban J connectivity index is 2.19. The van der Waals surface area contributed by atoms with Gasteiger partial charge in [0.2, 0.25) is 0 Å². The summed E-state index contributed by atoms with van der Waals surface area (Å²) >= 11 is 5.71. The Morgan fingerprint density at radius 1 is 1.48 bits per heavy atom. The number of aromatic nitrogens is 1. The Bertz CT molecular complexity index is 679. The molecule has 5 nitrogen and oxygen atoms in total. The Hall–Kier alpha value is -2.34. The van der Waals surface area contributed by atoms with Crippen molar-refractivity contribution in [2.75, 3.05) is 18.2 Å². The van der Waals surface area contributed by atoms with Gasteiger partial charge in [-0.15, -0.1) is 0 Å². The fourth-order valence-electron chi connectivity index (χ4n) is 1.72. The number of halogens is 2. The highest BCUT2D eigenvalue weighted by Gasteiger charge is 2.13. The van der Waals surface area contributed by atoms with E-state index in [9.17, 15) is 9.18 Å². The van der Waals surface area contributed by atoms with Crippen LogP contribution < -0.4 is 11.1 Å². The number of carbonyl (C=O) groups is 1. The third kappa shape index (κ3) is 3.61. The van der Waals surface area contributed by atoms with E-state index in [1.807, 2.05) is 0 Å². The van der Waals surface area contributed by atoms with Gasteiger partial charge in [0.05, 0.1) is 24.0 Å². The van der Waals surface area contributed by atoms with Crippen LogP contribution in [0.5, 0.6) is 0 Å². The maximum atomic E-state index is 13.1. The van der Waals surface area contributed by atoms with Gasteiger partial charge >= 0.3 is 5.97 Å². The molecule has 1 heterocycles. The van der Waals surface area contributed by atoms with Crippen LogP contribution in [0, 0.1) is 5.82 Å². The average molecular weight is 310 g/mol. The summed E-state index contributed by atoms with van der Waals surface area (Å²) in [7, 11) is 1.27. The Morgan fingerprint density at radius 2 is 2.24 bits per heavy atom. The van der Waals surface area contributed by atoms with Crippen molar-refractivity contribution in [1.29, 1.82) is 0 Å². The number of benzene rings is 1. The predicted molar refractivity (Wildman–Crippen MR) is 78.7 cm³/mol. The minimum Gasteiger partial charge on any atom is -0.465 e. The highest BCUT2D eigenvalue weighted by atomic mass is 35.5. The van der Waals surface area contributed by atoms with Gasteiger partial charge in [0, 0.05) is 6.54 Å². The molecule has 0 radical (unpaired) electrons. The summed E-state index contributed by atoms with van der Waals surface area (Å²) < 4.78 is 17.8. The van der Waals surface area contributed by atoms with E-state index < -0.39 is 11.8 Å². The molecule has 1 aromatic carbocycles. The van der Waals surface area contributed by atoms with Gasteiger partial charge in [-0.1, -0.05) is 17.7 Å². The van der Waals surface area contributed by atoms with Gasteiger partial charge in [-0.2, -0.15) is 0 Å². The molecule has 0 amide bonds. The lowest BCUT2D eigenvalue weighted by molar-refractivity contribution is 0.0601. The van der Waals surface area contributed by atoms with Crippen LogP contribution in [-0.4, -0.2) is 18.1 Å². The van der Waals surface area contributed by atoms with Crippen LogP contribution in [0.3, 0.4) is 0 Å². The number of pyridine rings is 1. The quantitative estimate of drug-likeness (QED) is 0.849. The number of nitrogens with zero attached hydrogens (tertiary/aromatic N) is 1. The van der Waals surface area contributed by atoms with Gasteiger partial charge in [-0.25, -0.2) is 14.2 Å². The van der Waals surface area contributed by atoms with Gasteiger partial charge in [0.25, 0.3) is 0 Å². The molecule has 110 valence electrons. The largest absolute Gasteiger partial charge is 0.465 e. The number of nitrogens with one attached hydrogen (secondary N) is 1. The SMILES string of the molecule is COC(=O)c1cc(N)cnc1NCc1ccc(F)c(Cl)c1. The van der Waals surface area contributed by atoms with E-state index in [4.69, 9.17) is 17.3 Å². The number of nitrogens with two attached hydrogens (primary N) is 1. The van der Waals surface area contributed by atoms with Crippen LogP contribution in [0.25, 0.3) is 0 Å². The third-order valence-corrected chi connectivity index (χ3v) is 3.05. The molecule has 2 rings (SSSR count). The summed E-state index contributed by atoms with van der Waals surface area (Å²) in [5.74, 6) is -0.702. The van der Waals surface area contributed by atoms with E-state index in [1.165, 1.54) is 31.5 Å². The van der Waals surface area contributed by atoms with Crippen molar-refractivity contribution in [1.82, 2.24) is 4.98 Å². The lowest BCUT2D eigenvalue weighted by Gasteiger charge is -2.10. The summed E-state index contributed by atoms with van der Waals surface area (Å²) in [6.07, 6.45) is 1.42. The summed E-state index contributed by atoms with van der Waals surface area (Å²) in [6.45, 7) is 0.320. The van der Waals surface area contributed by atoms with Crippen LogP contribution in [0.15, 0.2) is 30.5 Å². The first kappa shape index (κ1) is 15.1. The van der Waals surface area contributed by atoms with E-state index in [0.29, 0.717) is 18.1 Å². The van der Waals surface area contributed by atoms with Gasteiger partial charge < -0.3 is 15.8 Å². The smallest absolute Gasteiger partial charge is 0.341 e. The monoisotopic (exact) mass is 309 g/mol. The molecule has 21 heavy (non-hydrogen) atoms. The lowest BCUT2D eigenvalue weighted by Crippen LogP contribution is -2.10. The second-order valence-electron chi connectivity index (χ2n) is 4.26. The van der Waals surface area contributed by atoms with Crippen LogP contribution >= 0.6 is 11.6 Å². The van der Waals surface area contributed by atoms with Crippen LogP contribution in [-0.2, 0) is 11.3 Å². The Morgan fingerprint density at radius 3 is 2.90 bits per heavy atom. The normalized spacial score (nSPS) is 10.2. The summed E-state index contributed by atoms with van der Waals surface area (Å²) in [5, 5.41) is 3.01. The topological polar surface area (TPSA) is 77.2 Å². The zero-order chi connectivity index (χ0) is 15.4. The third-order valence-electron chi connectivity index (χ3n) is 2.76. The first-order valence-electron chi connectivity index (χ1n) is 6.03. The molecule has 3 N–H and O–H groups in total. The van der Waals surface area contributed by atoms with Crippen LogP contribution in [0.1, 0.15) is 15.9 Å². The van der Waals surface area contributed by atoms with Crippen molar-refractivity contribution in [2.24, 2.45) is 0 Å². The summed E-state index contributed by atoms with van der Waals surface area (Å²) in [6, 6.07) is 5.83. The van der Waals surface area contributed by atoms with Crippen molar-refractivity contribution in [3.8, 4) is 0 Å². The van der Waals surface area contributed by atoms with E-state index >= 15 is 0 Å². The lowest BCUT2D eigenvalue weighted by atomic mass is 10.2. The standard InChI is InChI=1S/C14H13ClFN3O2/c1-21-14(20)10-5-9(17)7-19-13(10)18-6-8-2-3-12(16)11(15)4-8/h2-5,7H,6,17H2,1H3,(H,18,19). The van der Waals surface area contributed by atoms with E-state index in [1.54, 1.807) is 6.07 Å². The molecular formula is C14H13ClFN3O2. The highest BCUT2D eigenvalue weighted by Crippen LogP contribution is 2.19. The van der Waals surface area contributed by atoms with Crippen molar-refractivity contribution in [3.05, 3.63) is 52.4 Å². The number of ether oxygens (including phenoxy) is 1. The zero-order valence-electron chi connectivity index (χ0n) is 11.2. The maximum Gasteiger partial charge on any atom is 0.341 e. The molecule has 0 saturated heterocycles. The number of methoxy groups -OCH3 is 1. The van der Waals surface area contributed by atoms with Crippen LogP contribution in [0.4, 0.5) is 15.9 Å². The maximum absolute atomic E-state index is 13.1. The predicted octanol–water partition coefficient (Wildman–Crippen LogP) is 2.86. The van der Waals surface area contributed by atoms with Crippen molar-refractivity contribution in [3.63, 3.8) is 0 Å². The number of rotatable bonds is 4. The second-order valence-corrected chi connectivity index (χ2v) is 4.67. The van der Waals surface area contributed by atoms with Crippen LogP contribution in [0.2, 0.25) is 5.02 Å². The molecule has 0 saturated carbocycles. The number of nitrogen functional groups attached to an aromatic ring is 1. The van der Waals surface area contributed by atoms with Crippen molar-refractivity contribution >= 4 is 29.1 Å². The molecule has 0 spiro atoms. The van der Waals surface area contributed by atoms with Gasteiger partial charge in [-0.05, 0) is 23.8 Å². The first-order valence-corrected chi connectivity index (χ1v) is 6.40. The number of carbonyl (C=O) groups excluding carboxylic acids is 1. The summed E-state index contributed by atoms with van der Waals surface area (Å²) in [5.41, 5.74) is 6.93. The molecular weight excluding hydrogens is 297 g/mol. The van der Waals surface area contributed by atoms with Gasteiger partial charge in [0.15, 0.2) is 0 Å². The van der Waals surface area contributed by atoms with E-state index in [0.717, 1.165) is 5.56 Å². The van der Waals surface area contributed by atoms with Gasteiger partial charge in [-0.3, -0.25) is 0 Å². The number of hydrogen-bond acceptors (Lipinski definition) is 5. The molecule has 1 aromatic heterocycles. The van der Waals surface area contributed by atoms with E-state index in [2.05, 4.69) is 15.0 Å². The molecule has 2 aromatic rings. The summed E-state index contributed by atoms with van der Waals surface area (Å²) in [4.78, 5) is 15.7. The average Bonchev–Trinajstić information content (AvgIpc) is 2.48. The van der Waals surface area contributed by atoms with Crippen molar-refractivity contribution < 1.29 is 13.9 Å². The Kier molecular flexibility index (Phi) is 4.59. The minimum absolute atomic E-state index is 0.0350. The van der Waals surface area contributed by atoms with Crippen molar-refractivity contribution in [2.45, 2.75) is 6.54 Å².